The Hall–Kier alpha value is -1.71. The molecule has 3 atom stereocenters. The first kappa shape index (κ1) is 16.7. The fourth-order valence-electron chi connectivity index (χ4n) is 1.79. The van der Waals surface area contributed by atoms with Crippen LogP contribution >= 0.6 is 7.82 Å². The summed E-state index contributed by atoms with van der Waals surface area (Å²) in [6.45, 7) is 1.06. The van der Waals surface area contributed by atoms with Crippen LogP contribution in [-0.2, 0) is 18.3 Å². The molecule has 0 radical (unpaired) electrons. The lowest BCUT2D eigenvalue weighted by Crippen LogP contribution is -2.33. The number of nitrogens with zero attached hydrogens (tertiary/aromatic N) is 1. The highest BCUT2D eigenvalue weighted by molar-refractivity contribution is 7.47. The van der Waals surface area contributed by atoms with Gasteiger partial charge in [-0.15, -0.1) is 0 Å². The second-order valence-electron chi connectivity index (χ2n) is 4.53. The smallest absolute Gasteiger partial charge is 0.472 e. The molecule has 0 saturated carbocycles. The standard InChI is InChI=1S/C11H15N2O8P/c1-6-4-13(11(16)12-10(6)15)9-3-7(14)8(21-9)5-20-22(17,18)19-2/h3-4,8-9,14H,5H2,1-2H3,(H,17,18)(H,12,15,16)/t8-,9-/m1/s1. The number of aliphatic hydroxyl groups is 1. The number of aliphatic hydroxyl groups excluding tert-OH is 1. The van der Waals surface area contributed by atoms with Crippen molar-refractivity contribution in [1.82, 2.24) is 9.55 Å². The maximum atomic E-state index is 11.7. The van der Waals surface area contributed by atoms with Crippen molar-refractivity contribution in [2.24, 2.45) is 0 Å². The lowest BCUT2D eigenvalue weighted by atomic mass is 10.3. The third-order valence-electron chi connectivity index (χ3n) is 2.99. The number of phosphoric ester groups is 1. The average Bonchev–Trinajstić information content (AvgIpc) is 2.82. The molecule has 0 aromatic carbocycles. The van der Waals surface area contributed by atoms with E-state index in [1.165, 1.54) is 19.2 Å². The summed E-state index contributed by atoms with van der Waals surface area (Å²) in [6, 6.07) is 0. The van der Waals surface area contributed by atoms with Crippen LogP contribution in [0.4, 0.5) is 0 Å². The van der Waals surface area contributed by atoms with Crippen molar-refractivity contribution in [2.45, 2.75) is 19.3 Å². The zero-order valence-electron chi connectivity index (χ0n) is 11.8. The molecular weight excluding hydrogens is 319 g/mol. The SMILES string of the molecule is COP(=O)(O)OC[C@H]1O[C@@H](n2cc(C)c(=O)[nH]c2=O)C=C1O. The number of hydrogen-bond acceptors (Lipinski definition) is 7. The molecule has 10 nitrogen and oxygen atoms in total. The molecule has 0 saturated heterocycles. The second kappa shape index (κ2) is 6.19. The van der Waals surface area contributed by atoms with E-state index in [4.69, 9.17) is 9.63 Å². The van der Waals surface area contributed by atoms with E-state index in [0.717, 1.165) is 11.7 Å². The van der Waals surface area contributed by atoms with Gasteiger partial charge in [0, 0.05) is 24.9 Å². The van der Waals surface area contributed by atoms with E-state index in [-0.39, 0.29) is 11.3 Å². The summed E-state index contributed by atoms with van der Waals surface area (Å²) < 4.78 is 26.5. The molecule has 11 heteroatoms. The van der Waals surface area contributed by atoms with E-state index in [1.807, 2.05) is 0 Å². The van der Waals surface area contributed by atoms with Gasteiger partial charge in [0.2, 0.25) is 0 Å². The van der Waals surface area contributed by atoms with E-state index in [9.17, 15) is 19.3 Å². The third kappa shape index (κ3) is 3.54. The lowest BCUT2D eigenvalue weighted by molar-refractivity contribution is -0.0255. The minimum Gasteiger partial charge on any atom is -0.510 e. The zero-order valence-corrected chi connectivity index (χ0v) is 12.6. The van der Waals surface area contributed by atoms with E-state index in [2.05, 4.69) is 14.0 Å². The monoisotopic (exact) mass is 334 g/mol. The summed E-state index contributed by atoms with van der Waals surface area (Å²) in [7, 11) is -3.20. The Morgan fingerprint density at radius 1 is 1.50 bits per heavy atom. The first-order chi connectivity index (χ1) is 10.2. The highest BCUT2D eigenvalue weighted by Crippen LogP contribution is 2.42. The van der Waals surface area contributed by atoms with Crippen LogP contribution in [0.5, 0.6) is 0 Å². The number of H-pyrrole nitrogens is 1. The van der Waals surface area contributed by atoms with Gasteiger partial charge >= 0.3 is 13.5 Å². The molecule has 2 rings (SSSR count). The van der Waals surface area contributed by atoms with Gasteiger partial charge in [-0.25, -0.2) is 9.36 Å². The average molecular weight is 334 g/mol. The predicted octanol–water partition coefficient (Wildman–Crippen LogP) is -0.0523. The number of hydrogen-bond donors (Lipinski definition) is 3. The van der Waals surface area contributed by atoms with Crippen LogP contribution in [0.2, 0.25) is 0 Å². The molecule has 0 fully saturated rings. The van der Waals surface area contributed by atoms with Crippen LogP contribution in [-0.4, -0.2) is 39.4 Å². The van der Waals surface area contributed by atoms with Gasteiger partial charge < -0.3 is 14.7 Å². The van der Waals surface area contributed by atoms with Crippen LogP contribution in [0, 0.1) is 6.92 Å². The molecule has 2 heterocycles. The molecule has 22 heavy (non-hydrogen) atoms. The molecule has 0 aliphatic carbocycles. The first-order valence-electron chi connectivity index (χ1n) is 6.15. The number of ether oxygens (including phenoxy) is 1. The molecule has 1 aliphatic heterocycles. The van der Waals surface area contributed by atoms with Gasteiger partial charge in [-0.05, 0) is 6.92 Å². The minimum absolute atomic E-state index is 0.267. The van der Waals surface area contributed by atoms with Crippen molar-refractivity contribution in [2.75, 3.05) is 13.7 Å². The lowest BCUT2D eigenvalue weighted by Gasteiger charge is -2.17. The Kier molecular flexibility index (Phi) is 4.69. The van der Waals surface area contributed by atoms with Gasteiger partial charge in [0.1, 0.15) is 11.9 Å². The number of aromatic nitrogens is 2. The predicted molar refractivity (Wildman–Crippen MR) is 73.5 cm³/mol. The van der Waals surface area contributed by atoms with Crippen molar-refractivity contribution in [3.63, 3.8) is 0 Å². The van der Waals surface area contributed by atoms with Gasteiger partial charge in [0.15, 0.2) is 6.23 Å². The summed E-state index contributed by atoms with van der Waals surface area (Å²) in [5.41, 5.74) is -0.945. The molecule has 3 N–H and O–H groups in total. The third-order valence-corrected chi connectivity index (χ3v) is 3.92. The molecule has 0 bridgehead atoms. The second-order valence-corrected chi connectivity index (χ2v) is 6.09. The van der Waals surface area contributed by atoms with Gasteiger partial charge in [-0.3, -0.25) is 23.4 Å². The molecule has 0 amide bonds. The van der Waals surface area contributed by atoms with Gasteiger partial charge in [-0.1, -0.05) is 0 Å². The fraction of sp³-hybridized carbons (Fsp3) is 0.455. The van der Waals surface area contributed by atoms with Gasteiger partial charge in [0.05, 0.1) is 6.61 Å². The number of aromatic amines is 1. The summed E-state index contributed by atoms with van der Waals surface area (Å²) in [5, 5.41) is 9.76. The number of aryl methyl sites for hydroxylation is 1. The van der Waals surface area contributed by atoms with Crippen molar-refractivity contribution in [1.29, 1.82) is 0 Å². The van der Waals surface area contributed by atoms with Crippen LogP contribution in [0.15, 0.2) is 27.6 Å². The largest absolute Gasteiger partial charge is 0.510 e. The van der Waals surface area contributed by atoms with Gasteiger partial charge in [-0.2, -0.15) is 0 Å². The van der Waals surface area contributed by atoms with E-state index < -0.39 is 38.0 Å². The molecule has 1 unspecified atom stereocenters. The normalized spacial score (nSPS) is 24.0. The maximum Gasteiger partial charge on any atom is 0.472 e. The van der Waals surface area contributed by atoms with Crippen LogP contribution < -0.4 is 11.2 Å². The Morgan fingerprint density at radius 2 is 2.18 bits per heavy atom. The minimum atomic E-state index is -4.20. The Balaban J connectivity index is 2.15. The zero-order chi connectivity index (χ0) is 16.5. The van der Waals surface area contributed by atoms with Crippen molar-refractivity contribution in [3.8, 4) is 0 Å². The van der Waals surface area contributed by atoms with Crippen molar-refractivity contribution < 1.29 is 28.3 Å². The molecule has 1 aromatic rings. The quantitative estimate of drug-likeness (QED) is 0.637. The van der Waals surface area contributed by atoms with Crippen molar-refractivity contribution in [3.05, 3.63) is 44.4 Å². The molecular formula is C11H15N2O8P. The number of nitrogens with one attached hydrogen (secondary N) is 1. The van der Waals surface area contributed by atoms with Crippen LogP contribution in [0.1, 0.15) is 11.8 Å². The Labute approximate surface area is 124 Å². The number of phosphoric acid groups is 1. The molecule has 1 aliphatic rings. The summed E-state index contributed by atoms with van der Waals surface area (Å²) in [6.07, 6.45) is 0.491. The number of rotatable bonds is 5. The Bertz CT molecular complexity index is 751. The summed E-state index contributed by atoms with van der Waals surface area (Å²) in [4.78, 5) is 34.3. The van der Waals surface area contributed by atoms with E-state index >= 15 is 0 Å². The maximum absolute atomic E-state index is 11.7. The molecule has 122 valence electrons. The van der Waals surface area contributed by atoms with E-state index in [0.29, 0.717) is 0 Å². The fourth-order valence-corrected chi connectivity index (χ4v) is 2.22. The summed E-state index contributed by atoms with van der Waals surface area (Å²) in [5.74, 6) is -0.267. The van der Waals surface area contributed by atoms with Crippen LogP contribution in [0.3, 0.4) is 0 Å². The van der Waals surface area contributed by atoms with Crippen molar-refractivity contribution >= 4 is 7.82 Å². The highest BCUT2D eigenvalue weighted by atomic mass is 31.2. The Morgan fingerprint density at radius 3 is 2.82 bits per heavy atom. The molecule has 1 aromatic heterocycles. The van der Waals surface area contributed by atoms with E-state index in [1.54, 1.807) is 0 Å². The summed E-state index contributed by atoms with van der Waals surface area (Å²) >= 11 is 0. The topological polar surface area (TPSA) is 140 Å². The molecule has 0 spiro atoms. The first-order valence-corrected chi connectivity index (χ1v) is 7.64. The van der Waals surface area contributed by atoms with Crippen LogP contribution in [0.25, 0.3) is 0 Å². The highest BCUT2D eigenvalue weighted by Gasteiger charge is 2.31. The van der Waals surface area contributed by atoms with Gasteiger partial charge in [0.25, 0.3) is 5.56 Å².